The predicted molar refractivity (Wildman–Crippen MR) is 101 cm³/mol. The summed E-state index contributed by atoms with van der Waals surface area (Å²) in [6, 6.07) is 6.25. The third-order valence-corrected chi connectivity index (χ3v) is 5.30. The minimum atomic E-state index is 0.239. The average molecular weight is 372 g/mol. The highest BCUT2D eigenvalue weighted by molar-refractivity contribution is 5.44. The lowest BCUT2D eigenvalue weighted by molar-refractivity contribution is 0.0934. The molecule has 0 bridgehead atoms. The second-order valence-electron chi connectivity index (χ2n) is 7.87. The van der Waals surface area contributed by atoms with E-state index in [2.05, 4.69) is 46.2 Å². The fourth-order valence-electron chi connectivity index (χ4n) is 3.77. The summed E-state index contributed by atoms with van der Waals surface area (Å²) in [5.74, 6) is 3.11. The first-order valence-corrected chi connectivity index (χ1v) is 9.67. The molecule has 0 unspecified atom stereocenters. The van der Waals surface area contributed by atoms with Crippen LogP contribution in [0.3, 0.4) is 0 Å². The molecular weight excluding hydrogens is 344 g/mol. The predicted octanol–water partition coefficient (Wildman–Crippen LogP) is 1.78. The molecule has 1 atom stereocenters. The highest BCUT2D eigenvalue weighted by Crippen LogP contribution is 2.33. The Balaban J connectivity index is 1.56. The Bertz CT molecular complexity index is 769. The molecule has 1 aromatic carbocycles. The molecule has 2 aromatic rings. The molecule has 0 aliphatic carbocycles. The summed E-state index contributed by atoms with van der Waals surface area (Å²) in [7, 11) is 2.18. The highest BCUT2D eigenvalue weighted by atomic mass is 16.7. The minimum Gasteiger partial charge on any atom is -0.454 e. The van der Waals surface area contributed by atoms with Crippen LogP contribution >= 0.6 is 0 Å². The van der Waals surface area contributed by atoms with Gasteiger partial charge in [0.15, 0.2) is 17.3 Å². The summed E-state index contributed by atoms with van der Waals surface area (Å²) in [4.78, 5) is 4.90. The number of hydrogen-bond acceptors (Lipinski definition) is 7. The largest absolute Gasteiger partial charge is 0.454 e. The van der Waals surface area contributed by atoms with E-state index in [1.807, 2.05) is 22.9 Å². The molecule has 146 valence electrons. The van der Waals surface area contributed by atoms with Crippen molar-refractivity contribution in [3.8, 4) is 11.5 Å². The van der Waals surface area contributed by atoms with Crippen molar-refractivity contribution in [3.05, 3.63) is 29.6 Å². The Kier molecular flexibility index (Phi) is 5.27. The number of hydrogen-bond donors (Lipinski definition) is 0. The van der Waals surface area contributed by atoms with Crippen molar-refractivity contribution < 1.29 is 9.47 Å². The van der Waals surface area contributed by atoms with Crippen molar-refractivity contribution in [2.45, 2.75) is 32.9 Å². The van der Waals surface area contributed by atoms with Crippen LogP contribution in [0.25, 0.3) is 0 Å². The van der Waals surface area contributed by atoms with Gasteiger partial charge >= 0.3 is 0 Å². The van der Waals surface area contributed by atoms with Crippen molar-refractivity contribution >= 4 is 0 Å². The van der Waals surface area contributed by atoms with Crippen LogP contribution in [0.4, 0.5) is 0 Å². The van der Waals surface area contributed by atoms with Crippen LogP contribution in [0.1, 0.15) is 37.7 Å². The Hall–Kier alpha value is -2.19. The maximum absolute atomic E-state index is 5.50. The zero-order valence-corrected chi connectivity index (χ0v) is 16.3. The quantitative estimate of drug-likeness (QED) is 0.766. The van der Waals surface area contributed by atoms with E-state index < -0.39 is 0 Å². The van der Waals surface area contributed by atoms with Gasteiger partial charge < -0.3 is 14.4 Å². The summed E-state index contributed by atoms with van der Waals surface area (Å²) in [6.07, 6.45) is 1.05. The zero-order valence-electron chi connectivity index (χ0n) is 16.3. The van der Waals surface area contributed by atoms with Crippen molar-refractivity contribution in [2.24, 2.45) is 5.92 Å². The fraction of sp³-hybridized carbons (Fsp3) is 0.632. The third kappa shape index (κ3) is 4.06. The third-order valence-electron chi connectivity index (χ3n) is 5.30. The number of fused-ring (bicyclic) bond motifs is 1. The van der Waals surface area contributed by atoms with Crippen LogP contribution in [-0.4, -0.2) is 70.0 Å². The SMILES string of the molecule is CC(C)C[C@@H](c1nnnn1Cc1ccc2c(c1)OCO2)N1CCN(C)CC1. The average Bonchev–Trinajstić information content (AvgIpc) is 3.29. The van der Waals surface area contributed by atoms with Crippen LogP contribution in [0.15, 0.2) is 18.2 Å². The maximum Gasteiger partial charge on any atom is 0.231 e. The van der Waals surface area contributed by atoms with Crippen LogP contribution < -0.4 is 9.47 Å². The van der Waals surface area contributed by atoms with E-state index in [1.165, 1.54) is 0 Å². The lowest BCUT2D eigenvalue weighted by Crippen LogP contribution is -2.46. The zero-order chi connectivity index (χ0) is 18.8. The van der Waals surface area contributed by atoms with Crippen LogP contribution in [0, 0.1) is 5.92 Å². The van der Waals surface area contributed by atoms with E-state index in [-0.39, 0.29) is 12.8 Å². The molecule has 0 radical (unpaired) electrons. The molecule has 0 amide bonds. The molecule has 27 heavy (non-hydrogen) atoms. The molecule has 2 aliphatic rings. The summed E-state index contributed by atoms with van der Waals surface area (Å²) in [5.41, 5.74) is 1.11. The lowest BCUT2D eigenvalue weighted by Gasteiger charge is -2.38. The molecule has 0 saturated carbocycles. The van der Waals surface area contributed by atoms with Crippen LogP contribution in [-0.2, 0) is 6.54 Å². The van der Waals surface area contributed by atoms with E-state index in [0.717, 1.165) is 55.5 Å². The van der Waals surface area contributed by atoms with Crippen molar-refractivity contribution in [1.82, 2.24) is 30.0 Å². The van der Waals surface area contributed by atoms with E-state index in [1.54, 1.807) is 0 Å². The van der Waals surface area contributed by atoms with Crippen LogP contribution in [0.5, 0.6) is 11.5 Å². The van der Waals surface area contributed by atoms with Gasteiger partial charge in [0.2, 0.25) is 6.79 Å². The molecular formula is C19H28N6O2. The van der Waals surface area contributed by atoms with Gasteiger partial charge in [0.1, 0.15) is 0 Å². The van der Waals surface area contributed by atoms with Crippen LogP contribution in [0.2, 0.25) is 0 Å². The fourth-order valence-corrected chi connectivity index (χ4v) is 3.77. The van der Waals surface area contributed by atoms with Gasteiger partial charge in [0.25, 0.3) is 0 Å². The van der Waals surface area contributed by atoms with Gasteiger partial charge in [-0.25, -0.2) is 4.68 Å². The molecule has 8 heteroatoms. The Morgan fingerprint density at radius 2 is 1.85 bits per heavy atom. The van der Waals surface area contributed by atoms with Gasteiger partial charge in [0, 0.05) is 26.2 Å². The second kappa shape index (κ2) is 7.82. The minimum absolute atomic E-state index is 0.239. The van der Waals surface area contributed by atoms with Gasteiger partial charge in [-0.3, -0.25) is 4.90 Å². The smallest absolute Gasteiger partial charge is 0.231 e. The number of nitrogens with zero attached hydrogens (tertiary/aromatic N) is 6. The van der Waals surface area contributed by atoms with E-state index >= 15 is 0 Å². The Morgan fingerprint density at radius 1 is 1.07 bits per heavy atom. The molecule has 1 saturated heterocycles. The molecule has 8 nitrogen and oxygen atoms in total. The number of likely N-dealkylation sites (N-methyl/N-ethyl adjacent to an activating group) is 1. The van der Waals surface area contributed by atoms with E-state index in [9.17, 15) is 0 Å². The summed E-state index contributed by atoms with van der Waals surface area (Å²) in [5, 5.41) is 12.7. The van der Waals surface area contributed by atoms with Gasteiger partial charge in [-0.2, -0.15) is 0 Å². The summed E-state index contributed by atoms with van der Waals surface area (Å²) < 4.78 is 12.8. The van der Waals surface area contributed by atoms with Gasteiger partial charge in [-0.15, -0.1) is 5.10 Å². The van der Waals surface area contributed by atoms with Crippen molar-refractivity contribution in [2.75, 3.05) is 40.0 Å². The highest BCUT2D eigenvalue weighted by Gasteiger charge is 2.29. The first kappa shape index (κ1) is 18.2. The number of ether oxygens (including phenoxy) is 2. The summed E-state index contributed by atoms with van der Waals surface area (Å²) >= 11 is 0. The topological polar surface area (TPSA) is 68.5 Å². The number of rotatable bonds is 6. The van der Waals surface area contributed by atoms with Gasteiger partial charge in [-0.05, 0) is 47.5 Å². The Labute approximate surface area is 160 Å². The molecule has 2 aliphatic heterocycles. The first-order chi connectivity index (χ1) is 13.1. The first-order valence-electron chi connectivity index (χ1n) is 9.67. The molecule has 0 spiro atoms. The maximum atomic E-state index is 5.50. The number of benzene rings is 1. The number of aromatic nitrogens is 4. The van der Waals surface area contributed by atoms with Gasteiger partial charge in [0.05, 0.1) is 12.6 Å². The van der Waals surface area contributed by atoms with E-state index in [0.29, 0.717) is 12.5 Å². The number of tetrazole rings is 1. The van der Waals surface area contributed by atoms with E-state index in [4.69, 9.17) is 9.47 Å². The Morgan fingerprint density at radius 3 is 2.63 bits per heavy atom. The molecule has 1 fully saturated rings. The van der Waals surface area contributed by atoms with Crippen molar-refractivity contribution in [1.29, 1.82) is 0 Å². The molecule has 1 aromatic heterocycles. The summed E-state index contributed by atoms with van der Waals surface area (Å²) in [6.45, 7) is 9.69. The standard InChI is InChI=1S/C19H28N6O2/c1-14(2)10-16(24-8-6-23(3)7-9-24)19-20-21-22-25(19)12-15-4-5-17-18(11-15)27-13-26-17/h4-5,11,14,16H,6-10,12-13H2,1-3H3/t16-/m0/s1. The normalized spacial score (nSPS) is 19.0. The lowest BCUT2D eigenvalue weighted by atomic mass is 10.0. The second-order valence-corrected chi connectivity index (χ2v) is 7.87. The monoisotopic (exact) mass is 372 g/mol. The molecule has 0 N–H and O–H groups in total. The molecule has 4 rings (SSSR count). The number of piperazine rings is 1. The van der Waals surface area contributed by atoms with Gasteiger partial charge in [-0.1, -0.05) is 19.9 Å². The molecule has 3 heterocycles. The van der Waals surface area contributed by atoms with Crippen molar-refractivity contribution in [3.63, 3.8) is 0 Å².